The van der Waals surface area contributed by atoms with Crippen LogP contribution in [-0.2, 0) is 16.6 Å². The second-order valence-corrected chi connectivity index (χ2v) is 7.48. The third-order valence-corrected chi connectivity index (χ3v) is 5.29. The number of carbonyl (C=O) groups excluding carboxylic acids is 2. The molecular formula is C22H23N3O4. The van der Waals surface area contributed by atoms with Crippen molar-refractivity contribution in [1.29, 1.82) is 0 Å². The first kappa shape index (κ1) is 19.0. The zero-order valence-corrected chi connectivity index (χ0v) is 16.6. The summed E-state index contributed by atoms with van der Waals surface area (Å²) in [6.45, 7) is 0.924. The van der Waals surface area contributed by atoms with E-state index in [1.165, 1.54) is 11.2 Å². The van der Waals surface area contributed by atoms with E-state index in [0.717, 1.165) is 10.9 Å². The van der Waals surface area contributed by atoms with Crippen LogP contribution in [0.1, 0.15) is 17.4 Å². The molecule has 2 aromatic heterocycles. The van der Waals surface area contributed by atoms with E-state index in [1.54, 1.807) is 18.3 Å². The average molecular weight is 393 g/mol. The van der Waals surface area contributed by atoms with E-state index in [9.17, 15) is 14.7 Å². The number of benzene rings is 1. The Labute approximate surface area is 168 Å². The van der Waals surface area contributed by atoms with Crippen molar-refractivity contribution in [2.24, 2.45) is 7.05 Å². The normalized spacial score (nSPS) is 19.0. The zero-order valence-electron chi connectivity index (χ0n) is 16.6. The molecule has 1 aliphatic rings. The van der Waals surface area contributed by atoms with Crippen LogP contribution in [0.4, 0.5) is 0 Å². The Balaban J connectivity index is 1.89. The highest BCUT2D eigenvalue weighted by molar-refractivity contribution is 6.46. The molecule has 3 aromatic rings. The number of furan rings is 1. The van der Waals surface area contributed by atoms with Gasteiger partial charge in [-0.25, -0.2) is 0 Å². The molecular weight excluding hydrogens is 370 g/mol. The van der Waals surface area contributed by atoms with E-state index in [-0.39, 0.29) is 11.3 Å². The Morgan fingerprint density at radius 3 is 2.62 bits per heavy atom. The number of hydrogen-bond acceptors (Lipinski definition) is 5. The fourth-order valence-electron chi connectivity index (χ4n) is 3.84. The van der Waals surface area contributed by atoms with Gasteiger partial charge in [0.05, 0.1) is 11.8 Å². The lowest BCUT2D eigenvalue weighted by atomic mass is 9.99. The predicted octanol–water partition coefficient (Wildman–Crippen LogP) is 2.75. The Morgan fingerprint density at radius 1 is 1.17 bits per heavy atom. The summed E-state index contributed by atoms with van der Waals surface area (Å²) in [6, 6.07) is 10.3. The molecule has 150 valence electrons. The molecule has 29 heavy (non-hydrogen) atoms. The van der Waals surface area contributed by atoms with Gasteiger partial charge in [0.1, 0.15) is 17.6 Å². The number of nitrogens with zero attached hydrogens (tertiary/aromatic N) is 3. The molecule has 1 aliphatic heterocycles. The van der Waals surface area contributed by atoms with Gasteiger partial charge in [0.2, 0.25) is 0 Å². The van der Waals surface area contributed by atoms with Crippen LogP contribution in [0.15, 0.2) is 58.8 Å². The third kappa shape index (κ3) is 3.13. The number of likely N-dealkylation sites (tertiary alicyclic amines) is 1. The molecule has 1 N–H and O–H groups in total. The van der Waals surface area contributed by atoms with Crippen molar-refractivity contribution in [2.75, 3.05) is 27.2 Å². The van der Waals surface area contributed by atoms with Crippen molar-refractivity contribution in [3.63, 3.8) is 0 Å². The molecule has 1 aromatic carbocycles. The number of fused-ring (bicyclic) bond motifs is 1. The van der Waals surface area contributed by atoms with Crippen LogP contribution in [0.25, 0.3) is 16.7 Å². The van der Waals surface area contributed by atoms with Crippen LogP contribution >= 0.6 is 0 Å². The number of aryl methyl sites for hydroxylation is 1. The number of likely N-dealkylation sites (N-methyl/N-ethyl adjacent to an activating group) is 1. The lowest BCUT2D eigenvalue weighted by Crippen LogP contribution is -2.35. The summed E-state index contributed by atoms with van der Waals surface area (Å²) in [4.78, 5) is 29.2. The van der Waals surface area contributed by atoms with Crippen LogP contribution in [0, 0.1) is 0 Å². The molecule has 0 bridgehead atoms. The number of aliphatic hydroxyl groups excluding tert-OH is 1. The quantitative estimate of drug-likeness (QED) is 0.410. The molecule has 0 spiro atoms. The van der Waals surface area contributed by atoms with Crippen LogP contribution in [0.2, 0.25) is 0 Å². The van der Waals surface area contributed by atoms with Crippen molar-refractivity contribution in [3.8, 4) is 0 Å². The van der Waals surface area contributed by atoms with Crippen molar-refractivity contribution >= 4 is 28.4 Å². The third-order valence-electron chi connectivity index (χ3n) is 5.29. The highest BCUT2D eigenvalue weighted by Gasteiger charge is 2.47. The number of aromatic nitrogens is 1. The second-order valence-electron chi connectivity index (χ2n) is 7.48. The number of rotatable bonds is 5. The molecule has 1 amide bonds. The highest BCUT2D eigenvalue weighted by Crippen LogP contribution is 2.40. The number of carbonyl (C=O) groups is 2. The van der Waals surface area contributed by atoms with Gasteiger partial charge in [0.15, 0.2) is 0 Å². The predicted molar refractivity (Wildman–Crippen MR) is 109 cm³/mol. The maximum Gasteiger partial charge on any atom is 0.295 e. The van der Waals surface area contributed by atoms with Gasteiger partial charge in [0, 0.05) is 42.8 Å². The molecule has 0 saturated carbocycles. The van der Waals surface area contributed by atoms with Gasteiger partial charge >= 0.3 is 0 Å². The average Bonchev–Trinajstić information content (AvgIpc) is 3.39. The molecule has 7 nitrogen and oxygen atoms in total. The summed E-state index contributed by atoms with van der Waals surface area (Å²) in [5, 5.41) is 12.0. The fraction of sp³-hybridized carbons (Fsp3) is 0.273. The molecule has 1 unspecified atom stereocenters. The SMILES string of the molecule is CN(C)CCN1C(=O)C(=O)/C(=C(/O)c2cn(C)c3ccccc23)C1c1ccco1. The van der Waals surface area contributed by atoms with Gasteiger partial charge in [-0.1, -0.05) is 18.2 Å². The van der Waals surface area contributed by atoms with Crippen molar-refractivity contribution in [1.82, 2.24) is 14.4 Å². The van der Waals surface area contributed by atoms with E-state index in [0.29, 0.717) is 24.4 Å². The summed E-state index contributed by atoms with van der Waals surface area (Å²) < 4.78 is 7.43. The number of amides is 1. The first-order valence-corrected chi connectivity index (χ1v) is 9.41. The summed E-state index contributed by atoms with van der Waals surface area (Å²) >= 11 is 0. The summed E-state index contributed by atoms with van der Waals surface area (Å²) in [7, 11) is 5.67. The number of hydrogen-bond donors (Lipinski definition) is 1. The van der Waals surface area contributed by atoms with Crippen LogP contribution in [0.5, 0.6) is 0 Å². The summed E-state index contributed by atoms with van der Waals surface area (Å²) in [6.07, 6.45) is 3.27. The molecule has 0 radical (unpaired) electrons. The molecule has 4 rings (SSSR count). The topological polar surface area (TPSA) is 78.9 Å². The van der Waals surface area contributed by atoms with Gasteiger partial charge in [-0.05, 0) is 32.3 Å². The fourth-order valence-corrected chi connectivity index (χ4v) is 3.84. The van der Waals surface area contributed by atoms with E-state index in [2.05, 4.69) is 0 Å². The van der Waals surface area contributed by atoms with Gasteiger partial charge in [-0.15, -0.1) is 0 Å². The lowest BCUT2D eigenvalue weighted by molar-refractivity contribution is -0.140. The Hall–Kier alpha value is -3.32. The number of aliphatic hydroxyl groups is 1. The highest BCUT2D eigenvalue weighted by atomic mass is 16.3. The van der Waals surface area contributed by atoms with Crippen molar-refractivity contribution in [2.45, 2.75) is 6.04 Å². The minimum absolute atomic E-state index is 0.0556. The van der Waals surface area contributed by atoms with Crippen LogP contribution in [0.3, 0.4) is 0 Å². The Kier molecular flexibility index (Phi) is 4.76. The minimum Gasteiger partial charge on any atom is -0.507 e. The molecule has 7 heteroatoms. The standard InChI is InChI=1S/C22H23N3O4/c1-23(2)10-11-25-19(17-9-6-12-29-17)18(21(27)22(25)28)20(26)15-13-24(3)16-8-5-4-7-14(15)16/h4-9,12-13,19,26H,10-11H2,1-3H3/b20-18+. The molecule has 1 saturated heterocycles. The molecule has 0 aliphatic carbocycles. The minimum atomic E-state index is -0.760. The monoisotopic (exact) mass is 393 g/mol. The Morgan fingerprint density at radius 2 is 1.93 bits per heavy atom. The van der Waals surface area contributed by atoms with Gasteiger partial charge in [0.25, 0.3) is 11.7 Å². The lowest BCUT2D eigenvalue weighted by Gasteiger charge is -2.24. The van der Waals surface area contributed by atoms with Gasteiger partial charge in [-0.3, -0.25) is 9.59 Å². The summed E-state index contributed by atoms with van der Waals surface area (Å²) in [5.41, 5.74) is 1.50. The summed E-state index contributed by atoms with van der Waals surface area (Å²) in [5.74, 6) is -1.07. The van der Waals surface area contributed by atoms with Crippen LogP contribution in [-0.4, -0.2) is 58.3 Å². The number of ketones is 1. The smallest absolute Gasteiger partial charge is 0.295 e. The van der Waals surface area contributed by atoms with Crippen molar-refractivity contribution in [3.05, 3.63) is 65.8 Å². The maximum atomic E-state index is 13.0. The van der Waals surface area contributed by atoms with E-state index < -0.39 is 17.7 Å². The van der Waals surface area contributed by atoms with Gasteiger partial charge < -0.3 is 23.9 Å². The first-order valence-electron chi connectivity index (χ1n) is 9.41. The number of Topliss-reactive ketones (excluding diaryl/α,β-unsaturated/α-hetero) is 1. The van der Waals surface area contributed by atoms with E-state index in [4.69, 9.17) is 4.42 Å². The van der Waals surface area contributed by atoms with E-state index in [1.807, 2.05) is 54.9 Å². The Bertz CT molecular complexity index is 1110. The van der Waals surface area contributed by atoms with Crippen molar-refractivity contribution < 1.29 is 19.1 Å². The molecule has 3 heterocycles. The van der Waals surface area contributed by atoms with Crippen LogP contribution < -0.4 is 0 Å². The number of para-hydroxylation sites is 1. The first-order chi connectivity index (χ1) is 13.9. The second kappa shape index (κ2) is 7.25. The zero-order chi connectivity index (χ0) is 20.7. The van der Waals surface area contributed by atoms with Gasteiger partial charge in [-0.2, -0.15) is 0 Å². The molecule has 1 fully saturated rings. The molecule has 1 atom stereocenters. The maximum absolute atomic E-state index is 13.0. The van der Waals surface area contributed by atoms with E-state index >= 15 is 0 Å². The largest absolute Gasteiger partial charge is 0.507 e.